The summed E-state index contributed by atoms with van der Waals surface area (Å²) in [6.45, 7) is 0.509. The van der Waals surface area contributed by atoms with E-state index in [1.807, 2.05) is 11.0 Å². The van der Waals surface area contributed by atoms with Crippen LogP contribution in [0, 0.1) is 23.0 Å². The molecule has 4 aromatic rings. The number of nitrogens with two attached hydrogens (primary N) is 1. The van der Waals surface area contributed by atoms with Crippen molar-refractivity contribution in [3.05, 3.63) is 40.4 Å². The second-order valence-electron chi connectivity index (χ2n) is 13.5. The summed E-state index contributed by atoms with van der Waals surface area (Å²) < 4.78 is 92.9. The molecule has 2 bridgehead atoms. The zero-order valence-corrected chi connectivity index (χ0v) is 27.5. The second-order valence-corrected chi connectivity index (χ2v) is 14.9. The Morgan fingerprint density at radius 2 is 1.90 bits per heavy atom. The van der Waals surface area contributed by atoms with Crippen molar-refractivity contribution in [2.75, 3.05) is 50.0 Å². The number of nitrogen functional groups attached to an aromatic ring is 1. The third-order valence-corrected chi connectivity index (χ3v) is 11.9. The van der Waals surface area contributed by atoms with Crippen molar-refractivity contribution >= 4 is 54.7 Å². The molecule has 6 heterocycles. The summed E-state index contributed by atoms with van der Waals surface area (Å²) in [6.07, 6.45) is -2.33. The molecule has 0 aliphatic carbocycles. The molecule has 4 saturated heterocycles. The molecule has 2 aromatic heterocycles. The van der Waals surface area contributed by atoms with E-state index in [4.69, 9.17) is 27.1 Å². The fourth-order valence-electron chi connectivity index (χ4n) is 8.50. The quantitative estimate of drug-likeness (QED) is 0.212. The molecule has 8 rings (SSSR count). The summed E-state index contributed by atoms with van der Waals surface area (Å²) in [5.74, 6) is -1.24. The minimum atomic E-state index is -4.35. The number of alkyl halides is 4. The maximum atomic E-state index is 17.0. The van der Waals surface area contributed by atoms with Crippen LogP contribution in [0.15, 0.2) is 18.2 Å². The molecule has 4 fully saturated rings. The molecule has 0 radical (unpaired) electrons. The monoisotopic (exact) mass is 721 g/mol. The van der Waals surface area contributed by atoms with Crippen LogP contribution in [0.2, 0.25) is 5.02 Å². The van der Waals surface area contributed by atoms with Gasteiger partial charge in [-0.25, -0.2) is 13.2 Å². The highest BCUT2D eigenvalue weighted by Crippen LogP contribution is 2.47. The predicted molar refractivity (Wildman–Crippen MR) is 175 cm³/mol. The van der Waals surface area contributed by atoms with Crippen molar-refractivity contribution in [2.24, 2.45) is 0 Å². The Labute approximate surface area is 286 Å². The SMILES string of the molecule is N#Cc1c(N)sc2c(F)ccc(-c3c(Cl)cc4c(N5CC6CCC(C5)N6CC(F)(F)F)nc(OC[C@@]56CCCN5C[C@H](F)C6)nc4c3F)c12. The third kappa shape index (κ3) is 5.42. The number of aromatic nitrogens is 2. The normalized spacial score (nSPS) is 25.8. The number of piperazine rings is 1. The van der Waals surface area contributed by atoms with Crippen LogP contribution in [0.3, 0.4) is 0 Å². The number of hydrogen-bond acceptors (Lipinski definition) is 9. The molecule has 8 nitrogen and oxygen atoms in total. The van der Waals surface area contributed by atoms with E-state index in [0.29, 0.717) is 19.4 Å². The molecule has 2 aromatic carbocycles. The van der Waals surface area contributed by atoms with Gasteiger partial charge in [-0.2, -0.15) is 28.4 Å². The highest BCUT2D eigenvalue weighted by molar-refractivity contribution is 7.23. The number of rotatable bonds is 6. The molecule has 0 saturated carbocycles. The van der Waals surface area contributed by atoms with E-state index >= 15 is 4.39 Å². The summed E-state index contributed by atoms with van der Waals surface area (Å²) in [7, 11) is 0. The largest absolute Gasteiger partial charge is 0.461 e. The van der Waals surface area contributed by atoms with Crippen molar-refractivity contribution < 1.29 is 31.1 Å². The van der Waals surface area contributed by atoms with E-state index in [-0.39, 0.29) is 85.6 Å². The number of hydrogen-bond donors (Lipinski definition) is 1. The number of benzene rings is 2. The van der Waals surface area contributed by atoms with Gasteiger partial charge in [-0.1, -0.05) is 17.7 Å². The number of halogens is 7. The minimum Gasteiger partial charge on any atom is -0.461 e. The summed E-state index contributed by atoms with van der Waals surface area (Å²) in [5.41, 5.74) is 5.33. The number of thiophene rings is 1. The van der Waals surface area contributed by atoms with Gasteiger partial charge in [-0.05, 0) is 49.9 Å². The Morgan fingerprint density at radius 3 is 2.61 bits per heavy atom. The van der Waals surface area contributed by atoms with Gasteiger partial charge in [0.25, 0.3) is 0 Å². The van der Waals surface area contributed by atoms with E-state index in [2.05, 4.69) is 9.88 Å². The number of anilines is 2. The Bertz CT molecular complexity index is 2020. The van der Waals surface area contributed by atoms with E-state index in [9.17, 15) is 27.2 Å². The van der Waals surface area contributed by atoms with Crippen molar-refractivity contribution in [3.63, 3.8) is 0 Å². The summed E-state index contributed by atoms with van der Waals surface area (Å²) in [5, 5.41) is 10.2. The van der Waals surface area contributed by atoms with Crippen molar-refractivity contribution in [2.45, 2.75) is 62.1 Å². The molecule has 0 amide bonds. The molecule has 0 spiro atoms. The van der Waals surface area contributed by atoms with Crippen LogP contribution in [-0.4, -0.2) is 89.1 Å². The zero-order valence-electron chi connectivity index (χ0n) is 26.0. The first kappa shape index (κ1) is 32.6. The maximum Gasteiger partial charge on any atom is 0.401 e. The van der Waals surface area contributed by atoms with Crippen LogP contribution in [0.4, 0.5) is 37.2 Å². The van der Waals surface area contributed by atoms with Crippen LogP contribution in [0.25, 0.3) is 32.1 Å². The van der Waals surface area contributed by atoms with Crippen LogP contribution in [0.1, 0.15) is 37.7 Å². The lowest BCUT2D eigenvalue weighted by Gasteiger charge is -2.42. The van der Waals surface area contributed by atoms with E-state index in [1.165, 1.54) is 17.0 Å². The smallest absolute Gasteiger partial charge is 0.401 e. The van der Waals surface area contributed by atoms with Crippen molar-refractivity contribution in [1.82, 2.24) is 19.8 Å². The Kier molecular flexibility index (Phi) is 7.82. The van der Waals surface area contributed by atoms with Gasteiger partial charge >= 0.3 is 12.2 Å². The molecule has 4 atom stereocenters. The van der Waals surface area contributed by atoms with Gasteiger partial charge in [0.05, 0.1) is 27.4 Å². The molecule has 16 heteroatoms. The zero-order chi connectivity index (χ0) is 34.4. The number of ether oxygens (including phenoxy) is 1. The topological polar surface area (TPSA) is 94.5 Å². The Balaban J connectivity index is 1.26. The fourth-order valence-corrected chi connectivity index (χ4v) is 9.74. The van der Waals surface area contributed by atoms with Gasteiger partial charge in [-0.15, -0.1) is 11.3 Å². The van der Waals surface area contributed by atoms with Crippen molar-refractivity contribution in [1.29, 1.82) is 5.26 Å². The van der Waals surface area contributed by atoms with Gasteiger partial charge in [0.2, 0.25) is 0 Å². The fraction of sp³-hybridized carbons (Fsp3) is 0.485. The first-order valence-electron chi connectivity index (χ1n) is 16.1. The molecule has 4 aliphatic heterocycles. The molecular weight excluding hydrogens is 692 g/mol. The first-order chi connectivity index (χ1) is 23.4. The number of fused-ring (bicyclic) bond motifs is 5. The standard InChI is InChI=1S/C33H30ClF6N7OS/c34-22-8-20-27(26(37)25(22)19-4-5-23(36)28-24(19)21(10-41)29(42)49-28)43-31(48-15-32-6-1-7-46(32)11-16(35)9-32)44-30(20)45-12-17-2-3-18(13-45)47(17)14-33(38,39)40/h4-5,8,16-18H,1-3,6-7,9,11-15,42H2/t16-,17?,18?,32+/m1/s1. The maximum absolute atomic E-state index is 17.0. The highest BCUT2D eigenvalue weighted by Gasteiger charge is 2.50. The second kappa shape index (κ2) is 11.8. The Morgan fingerprint density at radius 1 is 1.14 bits per heavy atom. The number of nitrogens with zero attached hydrogens (tertiary/aromatic N) is 6. The van der Waals surface area contributed by atoms with Gasteiger partial charge in [0, 0.05) is 54.5 Å². The third-order valence-electron chi connectivity index (χ3n) is 10.6. The minimum absolute atomic E-state index is 0.00669. The van der Waals surface area contributed by atoms with Crippen LogP contribution in [0.5, 0.6) is 6.01 Å². The average Bonchev–Trinajstić information content (AvgIpc) is 3.73. The molecule has 258 valence electrons. The summed E-state index contributed by atoms with van der Waals surface area (Å²) in [6, 6.07) is 4.99. The molecular formula is C33H30ClF6N7OS. The van der Waals surface area contributed by atoms with Crippen LogP contribution in [-0.2, 0) is 0 Å². The molecule has 49 heavy (non-hydrogen) atoms. The van der Waals surface area contributed by atoms with Gasteiger partial charge in [0.15, 0.2) is 5.82 Å². The molecule has 4 aliphatic rings. The average molecular weight is 722 g/mol. The Hall–Kier alpha value is -3.58. The van der Waals surface area contributed by atoms with E-state index in [0.717, 1.165) is 36.8 Å². The van der Waals surface area contributed by atoms with Crippen molar-refractivity contribution in [3.8, 4) is 23.2 Å². The lowest BCUT2D eigenvalue weighted by Crippen LogP contribution is -2.56. The van der Waals surface area contributed by atoms with Crippen LogP contribution < -0.4 is 15.4 Å². The lowest BCUT2D eigenvalue weighted by atomic mass is 9.95. The highest BCUT2D eigenvalue weighted by atomic mass is 35.5. The summed E-state index contributed by atoms with van der Waals surface area (Å²) in [4.78, 5) is 14.6. The van der Waals surface area contributed by atoms with Gasteiger partial charge in [0.1, 0.15) is 41.0 Å². The van der Waals surface area contributed by atoms with E-state index in [1.54, 1.807) is 0 Å². The predicted octanol–water partition coefficient (Wildman–Crippen LogP) is 7.07. The van der Waals surface area contributed by atoms with E-state index < -0.39 is 48.1 Å². The summed E-state index contributed by atoms with van der Waals surface area (Å²) >= 11 is 7.67. The number of nitriles is 1. The molecule has 2 unspecified atom stereocenters. The van der Waals surface area contributed by atoms with Gasteiger partial charge in [-0.3, -0.25) is 9.80 Å². The van der Waals surface area contributed by atoms with Crippen LogP contribution >= 0.6 is 22.9 Å². The lowest BCUT2D eigenvalue weighted by molar-refractivity contribution is -0.153. The first-order valence-corrected chi connectivity index (χ1v) is 17.3. The molecule has 2 N–H and O–H groups in total. The van der Waals surface area contributed by atoms with Gasteiger partial charge < -0.3 is 15.4 Å².